The Kier molecular flexibility index (Phi) is 5.40. The molecule has 0 saturated carbocycles. The highest BCUT2D eigenvalue weighted by molar-refractivity contribution is 5.94. The molecule has 106 valence electrons. The maximum Gasteiger partial charge on any atom is 0.328 e. The highest BCUT2D eigenvalue weighted by atomic mass is 16.6. The fourth-order valence-corrected chi connectivity index (χ4v) is 1.38. The van der Waals surface area contributed by atoms with E-state index in [9.17, 15) is 19.7 Å². The molecule has 1 atom stereocenters. The van der Waals surface area contributed by atoms with Crippen molar-refractivity contribution in [2.24, 2.45) is 0 Å². The maximum atomic E-state index is 11.5. The van der Waals surface area contributed by atoms with Crippen molar-refractivity contribution >= 4 is 23.6 Å². The molecule has 0 spiro atoms. The Morgan fingerprint density at radius 1 is 1.35 bits per heavy atom. The first kappa shape index (κ1) is 15.4. The number of hydrogen-bond donors (Lipinski definition) is 1. The van der Waals surface area contributed by atoms with Crippen molar-refractivity contribution in [3.63, 3.8) is 0 Å². The monoisotopic (exact) mass is 278 g/mol. The Bertz CT molecular complexity index is 536. The van der Waals surface area contributed by atoms with Crippen LogP contribution in [0.2, 0.25) is 0 Å². The van der Waals surface area contributed by atoms with Crippen LogP contribution in [0.4, 0.5) is 5.69 Å². The van der Waals surface area contributed by atoms with Gasteiger partial charge in [0.25, 0.3) is 5.69 Å². The molecule has 0 saturated heterocycles. The van der Waals surface area contributed by atoms with Crippen molar-refractivity contribution in [1.29, 1.82) is 0 Å². The average molecular weight is 278 g/mol. The highest BCUT2D eigenvalue weighted by Crippen LogP contribution is 2.12. The van der Waals surface area contributed by atoms with Crippen LogP contribution < -0.4 is 5.32 Å². The van der Waals surface area contributed by atoms with Crippen LogP contribution in [0.1, 0.15) is 12.5 Å². The molecular weight excluding hydrogens is 264 g/mol. The summed E-state index contributed by atoms with van der Waals surface area (Å²) in [4.78, 5) is 32.6. The molecule has 0 aliphatic heterocycles. The molecule has 1 unspecified atom stereocenters. The Labute approximate surface area is 115 Å². The molecule has 0 fully saturated rings. The maximum absolute atomic E-state index is 11.5. The van der Waals surface area contributed by atoms with Crippen molar-refractivity contribution in [2.45, 2.75) is 13.0 Å². The third-order valence-electron chi connectivity index (χ3n) is 2.44. The van der Waals surface area contributed by atoms with Crippen LogP contribution in [-0.2, 0) is 14.3 Å². The second kappa shape index (κ2) is 7.03. The van der Waals surface area contributed by atoms with Crippen LogP contribution in [-0.4, -0.2) is 30.0 Å². The van der Waals surface area contributed by atoms with Crippen LogP contribution in [0.3, 0.4) is 0 Å². The zero-order valence-corrected chi connectivity index (χ0v) is 11.0. The highest BCUT2D eigenvalue weighted by Gasteiger charge is 2.13. The summed E-state index contributed by atoms with van der Waals surface area (Å²) in [6.07, 6.45) is 2.73. The third kappa shape index (κ3) is 4.52. The molecule has 1 N–H and O–H groups in total. The summed E-state index contributed by atoms with van der Waals surface area (Å²) < 4.78 is 4.47. The van der Waals surface area contributed by atoms with Crippen LogP contribution >= 0.6 is 0 Å². The number of methoxy groups -OCH3 is 1. The summed E-state index contributed by atoms with van der Waals surface area (Å²) >= 11 is 0. The van der Waals surface area contributed by atoms with E-state index in [0.717, 1.165) is 0 Å². The van der Waals surface area contributed by atoms with E-state index in [0.29, 0.717) is 5.56 Å². The number of nitrogens with zero attached hydrogens (tertiary/aromatic N) is 1. The van der Waals surface area contributed by atoms with Gasteiger partial charge in [0, 0.05) is 18.2 Å². The van der Waals surface area contributed by atoms with Crippen molar-refractivity contribution in [3.8, 4) is 0 Å². The normalized spacial score (nSPS) is 11.9. The lowest BCUT2D eigenvalue weighted by molar-refractivity contribution is -0.384. The molecule has 0 bridgehead atoms. The summed E-state index contributed by atoms with van der Waals surface area (Å²) in [6.45, 7) is 1.50. The van der Waals surface area contributed by atoms with Crippen LogP contribution in [0.25, 0.3) is 6.08 Å². The van der Waals surface area contributed by atoms with E-state index in [1.807, 2.05) is 0 Å². The zero-order valence-electron chi connectivity index (χ0n) is 11.0. The summed E-state index contributed by atoms with van der Waals surface area (Å²) in [5, 5.41) is 12.9. The molecule has 0 aliphatic carbocycles. The van der Waals surface area contributed by atoms with E-state index in [4.69, 9.17) is 0 Å². The van der Waals surface area contributed by atoms with E-state index in [1.165, 1.54) is 50.5 Å². The lowest BCUT2D eigenvalue weighted by Gasteiger charge is -2.09. The van der Waals surface area contributed by atoms with Gasteiger partial charge in [0.05, 0.1) is 12.0 Å². The van der Waals surface area contributed by atoms with E-state index in [2.05, 4.69) is 10.1 Å². The Hall–Kier alpha value is -2.70. The van der Waals surface area contributed by atoms with Gasteiger partial charge in [-0.2, -0.15) is 0 Å². The lowest BCUT2D eigenvalue weighted by Crippen LogP contribution is -2.38. The summed E-state index contributed by atoms with van der Waals surface area (Å²) in [6, 6.07) is 4.98. The zero-order chi connectivity index (χ0) is 15.1. The van der Waals surface area contributed by atoms with E-state index >= 15 is 0 Å². The number of rotatable bonds is 5. The Balaban J connectivity index is 2.61. The first-order chi connectivity index (χ1) is 9.43. The number of carbonyl (C=O) groups excluding carboxylic acids is 2. The lowest BCUT2D eigenvalue weighted by atomic mass is 10.2. The van der Waals surface area contributed by atoms with Crippen LogP contribution in [0.15, 0.2) is 30.3 Å². The number of carbonyl (C=O) groups is 2. The quantitative estimate of drug-likeness (QED) is 0.378. The van der Waals surface area contributed by atoms with Gasteiger partial charge in [-0.25, -0.2) is 4.79 Å². The number of ether oxygens (including phenoxy) is 1. The molecular formula is C13H14N2O5. The van der Waals surface area contributed by atoms with Gasteiger partial charge in [-0.3, -0.25) is 14.9 Å². The predicted molar refractivity (Wildman–Crippen MR) is 71.8 cm³/mol. The van der Waals surface area contributed by atoms with Gasteiger partial charge in [0.2, 0.25) is 5.91 Å². The van der Waals surface area contributed by atoms with Gasteiger partial charge in [-0.15, -0.1) is 0 Å². The molecule has 0 aromatic heterocycles. The Morgan fingerprint density at radius 3 is 2.45 bits per heavy atom. The molecule has 7 nitrogen and oxygen atoms in total. The second-order valence-electron chi connectivity index (χ2n) is 3.94. The van der Waals surface area contributed by atoms with Gasteiger partial charge in [-0.05, 0) is 30.7 Å². The number of esters is 1. The molecule has 0 heterocycles. The minimum Gasteiger partial charge on any atom is -0.467 e. The van der Waals surface area contributed by atoms with Crippen molar-refractivity contribution in [2.75, 3.05) is 7.11 Å². The molecule has 7 heteroatoms. The van der Waals surface area contributed by atoms with Crippen LogP contribution in [0.5, 0.6) is 0 Å². The summed E-state index contributed by atoms with van der Waals surface area (Å²) in [5.41, 5.74) is 0.613. The van der Waals surface area contributed by atoms with E-state index < -0.39 is 22.8 Å². The van der Waals surface area contributed by atoms with Crippen LogP contribution in [0, 0.1) is 10.1 Å². The average Bonchev–Trinajstić information content (AvgIpc) is 2.44. The molecule has 20 heavy (non-hydrogen) atoms. The SMILES string of the molecule is COC(=O)C(C)NC(=O)C=Cc1ccc([N+](=O)[O-])cc1. The number of non-ortho nitro benzene ring substituents is 1. The second-order valence-corrected chi connectivity index (χ2v) is 3.94. The Morgan fingerprint density at radius 2 is 1.95 bits per heavy atom. The standard InChI is InChI=1S/C13H14N2O5/c1-9(13(17)20-2)14-12(16)8-5-10-3-6-11(7-4-10)15(18)19/h3-9H,1-2H3,(H,14,16). The molecule has 1 aromatic carbocycles. The fraction of sp³-hybridized carbons (Fsp3) is 0.231. The minimum absolute atomic E-state index is 0.0223. The van der Waals surface area contributed by atoms with Crippen molar-refractivity contribution in [1.82, 2.24) is 5.32 Å². The van der Waals surface area contributed by atoms with Gasteiger partial charge in [0.15, 0.2) is 0 Å². The number of hydrogen-bond acceptors (Lipinski definition) is 5. The number of nitrogens with one attached hydrogen (secondary N) is 1. The molecule has 1 amide bonds. The summed E-state index contributed by atoms with van der Waals surface area (Å²) in [7, 11) is 1.23. The molecule has 1 rings (SSSR count). The van der Waals surface area contributed by atoms with Crippen molar-refractivity contribution in [3.05, 3.63) is 46.0 Å². The first-order valence-electron chi connectivity index (χ1n) is 5.75. The van der Waals surface area contributed by atoms with Crippen molar-refractivity contribution < 1.29 is 19.2 Å². The van der Waals surface area contributed by atoms with Gasteiger partial charge >= 0.3 is 5.97 Å². The summed E-state index contributed by atoms with van der Waals surface area (Å²) in [5.74, 6) is -0.997. The van der Waals surface area contributed by atoms with E-state index in [1.54, 1.807) is 0 Å². The van der Waals surface area contributed by atoms with Gasteiger partial charge in [0.1, 0.15) is 6.04 Å². The third-order valence-corrected chi connectivity index (χ3v) is 2.44. The number of amides is 1. The fourth-order valence-electron chi connectivity index (χ4n) is 1.38. The number of nitro groups is 1. The van der Waals surface area contributed by atoms with E-state index in [-0.39, 0.29) is 5.69 Å². The van der Waals surface area contributed by atoms with Gasteiger partial charge in [-0.1, -0.05) is 0 Å². The minimum atomic E-state index is -0.742. The topological polar surface area (TPSA) is 98.5 Å². The predicted octanol–water partition coefficient (Wildman–Crippen LogP) is 1.29. The molecule has 0 aliphatic rings. The number of nitro benzene ring substituents is 1. The molecule has 0 radical (unpaired) electrons. The first-order valence-corrected chi connectivity index (χ1v) is 5.75. The smallest absolute Gasteiger partial charge is 0.328 e. The largest absolute Gasteiger partial charge is 0.467 e. The molecule has 1 aromatic rings. The van der Waals surface area contributed by atoms with Gasteiger partial charge < -0.3 is 10.1 Å². The number of benzene rings is 1.